The maximum atomic E-state index is 3.71. The molecule has 1 atom stereocenters. The lowest BCUT2D eigenvalue weighted by molar-refractivity contribution is 0.291. The van der Waals surface area contributed by atoms with Crippen molar-refractivity contribution in [3.63, 3.8) is 0 Å². The highest BCUT2D eigenvalue weighted by molar-refractivity contribution is 5.01. The van der Waals surface area contributed by atoms with Gasteiger partial charge in [-0.05, 0) is 37.2 Å². The lowest BCUT2D eigenvalue weighted by Crippen LogP contribution is -2.15. The van der Waals surface area contributed by atoms with Crippen LogP contribution in [0.25, 0.3) is 0 Å². The molecule has 0 aromatic heterocycles. The van der Waals surface area contributed by atoms with Crippen LogP contribution in [0, 0.1) is 11.8 Å². The summed E-state index contributed by atoms with van der Waals surface area (Å²) in [6.07, 6.45) is 7.14. The molecule has 1 rings (SSSR count). The average molecular weight is 164 g/mol. The molecule has 1 saturated carbocycles. The normalized spacial score (nSPS) is 21.5. The van der Waals surface area contributed by atoms with Gasteiger partial charge in [0.1, 0.15) is 0 Å². The lowest BCUT2D eigenvalue weighted by Gasteiger charge is -2.27. The summed E-state index contributed by atoms with van der Waals surface area (Å²) in [6, 6.07) is 0. The molecule has 0 N–H and O–H groups in total. The molecule has 1 fully saturated rings. The van der Waals surface area contributed by atoms with Gasteiger partial charge in [-0.25, -0.2) is 0 Å². The molecule has 1 aliphatic rings. The second-order valence-electron chi connectivity index (χ2n) is 4.05. The van der Waals surface area contributed by atoms with E-state index in [4.69, 9.17) is 0 Å². The van der Waals surface area contributed by atoms with Gasteiger partial charge in [-0.1, -0.05) is 32.8 Å². The zero-order valence-electron chi connectivity index (χ0n) is 8.40. The van der Waals surface area contributed by atoms with Crippen LogP contribution in [0.15, 0.2) is 17.9 Å². The minimum Gasteiger partial charge on any atom is -0.130 e. The van der Waals surface area contributed by atoms with Crippen LogP contribution in [-0.4, -0.2) is 0 Å². The Kier molecular flexibility index (Phi) is 3.62. The van der Waals surface area contributed by atoms with E-state index in [1.54, 1.807) is 0 Å². The monoisotopic (exact) mass is 164 g/mol. The summed E-state index contributed by atoms with van der Waals surface area (Å²) >= 11 is 0. The van der Waals surface area contributed by atoms with Gasteiger partial charge in [0.05, 0.1) is 0 Å². The van der Waals surface area contributed by atoms with E-state index in [-0.39, 0.29) is 0 Å². The third kappa shape index (κ3) is 2.25. The van der Waals surface area contributed by atoms with Crippen molar-refractivity contribution in [2.45, 2.75) is 46.0 Å². The smallest absolute Gasteiger partial charge is 0.0130 e. The van der Waals surface area contributed by atoms with Crippen LogP contribution < -0.4 is 0 Å². The minimum atomic E-state index is 0.711. The Morgan fingerprint density at radius 1 is 1.33 bits per heavy atom. The van der Waals surface area contributed by atoms with E-state index in [1.807, 2.05) is 0 Å². The van der Waals surface area contributed by atoms with E-state index >= 15 is 0 Å². The Hall–Kier alpha value is -0.480. The second kappa shape index (κ2) is 4.52. The first-order valence-electron chi connectivity index (χ1n) is 5.12. The van der Waals surface area contributed by atoms with E-state index in [9.17, 15) is 0 Å². The summed E-state index contributed by atoms with van der Waals surface area (Å²) in [6.45, 7) is 8.20. The Labute approximate surface area is 76.4 Å². The summed E-state index contributed by atoms with van der Waals surface area (Å²) in [5.74, 6) is 1.62. The molecule has 0 aromatic rings. The van der Waals surface area contributed by atoms with Crippen LogP contribution in [0.4, 0.5) is 0 Å². The SMILES string of the molecule is C=C=C(C)[C@@H](C)C1CCCCC1. The van der Waals surface area contributed by atoms with Crippen LogP contribution in [0.1, 0.15) is 46.0 Å². The predicted octanol–water partition coefficient (Wildman–Crippen LogP) is 3.93. The van der Waals surface area contributed by atoms with Gasteiger partial charge in [0, 0.05) is 0 Å². The highest BCUT2D eigenvalue weighted by Crippen LogP contribution is 2.32. The van der Waals surface area contributed by atoms with Crippen molar-refractivity contribution in [2.24, 2.45) is 11.8 Å². The number of rotatable bonds is 2. The highest BCUT2D eigenvalue weighted by Gasteiger charge is 2.20. The molecule has 0 amide bonds. The molecular weight excluding hydrogens is 144 g/mol. The number of allylic oxidation sites excluding steroid dienone is 1. The van der Waals surface area contributed by atoms with Crippen molar-refractivity contribution in [2.75, 3.05) is 0 Å². The second-order valence-corrected chi connectivity index (χ2v) is 4.05. The van der Waals surface area contributed by atoms with Crippen molar-refractivity contribution in [3.05, 3.63) is 17.9 Å². The molecule has 1 aliphatic carbocycles. The van der Waals surface area contributed by atoms with Crippen LogP contribution in [0.5, 0.6) is 0 Å². The van der Waals surface area contributed by atoms with Crippen LogP contribution in [0.2, 0.25) is 0 Å². The van der Waals surface area contributed by atoms with E-state index in [0.717, 1.165) is 5.92 Å². The maximum Gasteiger partial charge on any atom is -0.0130 e. The summed E-state index contributed by atoms with van der Waals surface area (Å²) in [7, 11) is 0. The van der Waals surface area contributed by atoms with Gasteiger partial charge in [-0.3, -0.25) is 0 Å². The Morgan fingerprint density at radius 2 is 1.92 bits per heavy atom. The predicted molar refractivity (Wildman–Crippen MR) is 54.1 cm³/mol. The van der Waals surface area contributed by atoms with Crippen molar-refractivity contribution in [1.82, 2.24) is 0 Å². The Balaban J connectivity index is 2.50. The zero-order valence-corrected chi connectivity index (χ0v) is 8.40. The summed E-state index contributed by atoms with van der Waals surface area (Å²) in [4.78, 5) is 0. The van der Waals surface area contributed by atoms with Gasteiger partial charge in [-0.15, -0.1) is 5.73 Å². The quantitative estimate of drug-likeness (QED) is 0.542. The molecule has 0 aliphatic heterocycles. The molecule has 0 heteroatoms. The fourth-order valence-electron chi connectivity index (χ4n) is 2.15. The van der Waals surface area contributed by atoms with Crippen molar-refractivity contribution in [3.8, 4) is 0 Å². The van der Waals surface area contributed by atoms with Gasteiger partial charge in [-0.2, -0.15) is 0 Å². The van der Waals surface area contributed by atoms with Gasteiger partial charge in [0.2, 0.25) is 0 Å². The number of hydrogen-bond acceptors (Lipinski definition) is 0. The van der Waals surface area contributed by atoms with Crippen LogP contribution in [-0.2, 0) is 0 Å². The third-order valence-corrected chi connectivity index (χ3v) is 3.32. The van der Waals surface area contributed by atoms with Crippen LogP contribution >= 0.6 is 0 Å². The Bertz CT molecular complexity index is 178. The molecule has 0 unspecified atom stereocenters. The highest BCUT2D eigenvalue weighted by atomic mass is 14.2. The Morgan fingerprint density at radius 3 is 2.42 bits per heavy atom. The molecule has 0 saturated heterocycles. The molecule has 68 valence electrons. The maximum absolute atomic E-state index is 3.71. The standard InChI is InChI=1S/C12H20/c1-4-10(2)11(3)12-8-6-5-7-9-12/h11-12H,1,5-9H2,2-3H3/t11-/m1/s1. The van der Waals surface area contributed by atoms with Crippen LogP contribution in [0.3, 0.4) is 0 Å². The van der Waals surface area contributed by atoms with Gasteiger partial charge in [0.15, 0.2) is 0 Å². The molecular formula is C12H20. The van der Waals surface area contributed by atoms with Gasteiger partial charge in [0.25, 0.3) is 0 Å². The largest absolute Gasteiger partial charge is 0.130 e. The first-order chi connectivity index (χ1) is 5.75. The summed E-state index contributed by atoms with van der Waals surface area (Å²) in [5, 5.41) is 0. The fraction of sp³-hybridized carbons (Fsp3) is 0.750. The molecule has 0 nitrogen and oxygen atoms in total. The van der Waals surface area contributed by atoms with E-state index in [1.165, 1.54) is 37.7 Å². The van der Waals surface area contributed by atoms with Crippen molar-refractivity contribution >= 4 is 0 Å². The van der Waals surface area contributed by atoms with Crippen molar-refractivity contribution in [1.29, 1.82) is 0 Å². The van der Waals surface area contributed by atoms with E-state index in [2.05, 4.69) is 26.2 Å². The molecule has 0 spiro atoms. The first kappa shape index (κ1) is 9.61. The lowest BCUT2D eigenvalue weighted by atomic mass is 9.78. The summed E-state index contributed by atoms with van der Waals surface area (Å²) in [5.41, 5.74) is 4.38. The zero-order chi connectivity index (χ0) is 8.97. The van der Waals surface area contributed by atoms with E-state index < -0.39 is 0 Å². The van der Waals surface area contributed by atoms with Gasteiger partial charge >= 0.3 is 0 Å². The topological polar surface area (TPSA) is 0 Å². The fourth-order valence-corrected chi connectivity index (χ4v) is 2.15. The average Bonchev–Trinajstić information content (AvgIpc) is 2.17. The molecule has 12 heavy (non-hydrogen) atoms. The molecule has 0 aromatic carbocycles. The van der Waals surface area contributed by atoms with Gasteiger partial charge < -0.3 is 0 Å². The van der Waals surface area contributed by atoms with Crippen molar-refractivity contribution < 1.29 is 0 Å². The molecule has 0 radical (unpaired) electrons. The third-order valence-electron chi connectivity index (χ3n) is 3.32. The minimum absolute atomic E-state index is 0.711. The van der Waals surface area contributed by atoms with E-state index in [0.29, 0.717) is 5.92 Å². The molecule has 0 heterocycles. The number of hydrogen-bond donors (Lipinski definition) is 0. The summed E-state index contributed by atoms with van der Waals surface area (Å²) < 4.78 is 0. The first-order valence-corrected chi connectivity index (χ1v) is 5.12. The molecule has 0 bridgehead atoms.